The molecule has 0 saturated heterocycles. The van der Waals surface area contributed by atoms with Gasteiger partial charge >= 0.3 is 6.18 Å². The van der Waals surface area contributed by atoms with E-state index >= 15 is 0 Å². The summed E-state index contributed by atoms with van der Waals surface area (Å²) in [5.41, 5.74) is -0.750. The zero-order chi connectivity index (χ0) is 9.19. The van der Waals surface area contributed by atoms with E-state index in [0.29, 0.717) is 5.33 Å². The van der Waals surface area contributed by atoms with Crippen LogP contribution in [0.25, 0.3) is 0 Å². The van der Waals surface area contributed by atoms with Crippen LogP contribution in [0, 0.1) is 0 Å². The summed E-state index contributed by atoms with van der Waals surface area (Å²) in [7, 11) is 0. The van der Waals surface area contributed by atoms with Gasteiger partial charge in [0.1, 0.15) is 6.10 Å². The van der Waals surface area contributed by atoms with E-state index in [1.165, 1.54) is 6.08 Å². The third-order valence-corrected chi connectivity index (χ3v) is 1.98. The fourth-order valence-electron chi connectivity index (χ4n) is 0.705. The van der Waals surface area contributed by atoms with Crippen LogP contribution in [0.1, 0.15) is 0 Å². The Morgan fingerprint density at radius 2 is 2.17 bits per heavy atom. The van der Waals surface area contributed by atoms with E-state index < -0.39 is 11.7 Å². The second kappa shape index (κ2) is 3.51. The standard InChI is InChI=1S/C7H6BrF3O/c8-3-6-2-1-5(4-12-6)7(9,10)11/h1-2,4,6H,3H2. The van der Waals surface area contributed by atoms with E-state index in [0.717, 1.165) is 12.3 Å². The van der Waals surface area contributed by atoms with Crippen LogP contribution < -0.4 is 0 Å². The molecule has 1 aliphatic rings. The summed E-state index contributed by atoms with van der Waals surface area (Å²) in [6.45, 7) is 0. The molecule has 0 fully saturated rings. The average Bonchev–Trinajstić information content (AvgIpc) is 2.03. The topological polar surface area (TPSA) is 9.23 Å². The number of hydrogen-bond donors (Lipinski definition) is 0. The molecule has 0 aromatic carbocycles. The van der Waals surface area contributed by atoms with Gasteiger partial charge in [-0.05, 0) is 12.2 Å². The Labute approximate surface area is 76.0 Å². The third kappa shape index (κ3) is 2.27. The van der Waals surface area contributed by atoms with Gasteiger partial charge < -0.3 is 4.74 Å². The molecular weight excluding hydrogens is 237 g/mol. The molecule has 0 aromatic rings. The monoisotopic (exact) mass is 242 g/mol. The minimum atomic E-state index is -4.31. The van der Waals surface area contributed by atoms with Crippen molar-refractivity contribution in [1.29, 1.82) is 0 Å². The summed E-state index contributed by atoms with van der Waals surface area (Å²) in [6.07, 6.45) is -1.47. The minimum absolute atomic E-state index is 0.295. The maximum absolute atomic E-state index is 12.0. The van der Waals surface area contributed by atoms with Crippen molar-refractivity contribution in [2.45, 2.75) is 12.3 Å². The molecule has 1 aliphatic heterocycles. The van der Waals surface area contributed by atoms with Crippen molar-refractivity contribution in [3.63, 3.8) is 0 Å². The van der Waals surface area contributed by atoms with Gasteiger partial charge in [0.15, 0.2) is 0 Å². The van der Waals surface area contributed by atoms with Crippen LogP contribution in [-0.4, -0.2) is 17.6 Å². The molecule has 1 nitrogen and oxygen atoms in total. The molecule has 1 atom stereocenters. The highest BCUT2D eigenvalue weighted by molar-refractivity contribution is 9.09. The number of hydrogen-bond acceptors (Lipinski definition) is 1. The van der Waals surface area contributed by atoms with Crippen molar-refractivity contribution in [2.75, 3.05) is 5.33 Å². The van der Waals surface area contributed by atoms with Crippen molar-refractivity contribution in [2.24, 2.45) is 0 Å². The summed E-state index contributed by atoms with van der Waals surface area (Å²) in [6, 6.07) is 0. The van der Waals surface area contributed by atoms with E-state index in [1.54, 1.807) is 0 Å². The summed E-state index contributed by atoms with van der Waals surface area (Å²) >= 11 is 3.09. The summed E-state index contributed by atoms with van der Waals surface area (Å²) in [5.74, 6) is 0. The summed E-state index contributed by atoms with van der Waals surface area (Å²) < 4.78 is 40.6. The van der Waals surface area contributed by atoms with E-state index in [1.807, 2.05) is 0 Å². The SMILES string of the molecule is FC(F)(F)C1=COC(CBr)C=C1. The molecule has 0 aromatic heterocycles. The van der Waals surface area contributed by atoms with Gasteiger partial charge in [0.25, 0.3) is 0 Å². The number of ether oxygens (including phenoxy) is 1. The van der Waals surface area contributed by atoms with Gasteiger partial charge in [-0.1, -0.05) is 15.9 Å². The quantitative estimate of drug-likeness (QED) is 0.643. The highest BCUT2D eigenvalue weighted by Crippen LogP contribution is 2.28. The van der Waals surface area contributed by atoms with Crippen LogP contribution in [0.3, 0.4) is 0 Å². The predicted molar refractivity (Wildman–Crippen MR) is 41.9 cm³/mol. The molecule has 0 N–H and O–H groups in total. The molecule has 5 heteroatoms. The Morgan fingerprint density at radius 3 is 2.50 bits per heavy atom. The molecular formula is C7H6BrF3O. The number of rotatable bonds is 1. The normalized spacial score (nSPS) is 23.3. The predicted octanol–water partition coefficient (Wildman–Crippen LogP) is 2.78. The highest BCUT2D eigenvalue weighted by atomic mass is 79.9. The van der Waals surface area contributed by atoms with Crippen LogP contribution >= 0.6 is 15.9 Å². The summed E-state index contributed by atoms with van der Waals surface area (Å²) in [4.78, 5) is 0. The Morgan fingerprint density at radius 1 is 1.50 bits per heavy atom. The van der Waals surface area contributed by atoms with Gasteiger partial charge in [0.05, 0.1) is 11.8 Å². The van der Waals surface area contributed by atoms with Gasteiger partial charge in [-0.25, -0.2) is 0 Å². The lowest BCUT2D eigenvalue weighted by Gasteiger charge is -2.16. The van der Waals surface area contributed by atoms with Gasteiger partial charge in [-0.3, -0.25) is 0 Å². The minimum Gasteiger partial charge on any atom is -0.492 e. The lowest BCUT2D eigenvalue weighted by atomic mass is 10.2. The molecule has 0 radical (unpaired) electrons. The smallest absolute Gasteiger partial charge is 0.419 e. The zero-order valence-electron chi connectivity index (χ0n) is 5.94. The van der Waals surface area contributed by atoms with Crippen molar-refractivity contribution >= 4 is 15.9 Å². The lowest BCUT2D eigenvalue weighted by molar-refractivity contribution is -0.0913. The molecule has 1 unspecified atom stereocenters. The number of alkyl halides is 4. The molecule has 0 aliphatic carbocycles. The maximum Gasteiger partial charge on any atom is 0.419 e. The van der Waals surface area contributed by atoms with Crippen LogP contribution in [0.5, 0.6) is 0 Å². The Hall–Kier alpha value is -0.450. The zero-order valence-corrected chi connectivity index (χ0v) is 7.52. The fraction of sp³-hybridized carbons (Fsp3) is 0.429. The van der Waals surface area contributed by atoms with E-state index in [-0.39, 0.29) is 6.10 Å². The lowest BCUT2D eigenvalue weighted by Crippen LogP contribution is -2.17. The van der Waals surface area contributed by atoms with Crippen molar-refractivity contribution in [3.05, 3.63) is 24.0 Å². The van der Waals surface area contributed by atoms with Crippen LogP contribution in [0.15, 0.2) is 24.0 Å². The first-order valence-corrected chi connectivity index (χ1v) is 4.33. The molecule has 0 spiro atoms. The molecule has 0 saturated carbocycles. The van der Waals surface area contributed by atoms with Crippen molar-refractivity contribution < 1.29 is 17.9 Å². The van der Waals surface area contributed by atoms with E-state index in [4.69, 9.17) is 4.74 Å². The molecule has 68 valence electrons. The third-order valence-electron chi connectivity index (χ3n) is 1.34. The van der Waals surface area contributed by atoms with Crippen LogP contribution in [0.4, 0.5) is 13.2 Å². The summed E-state index contributed by atoms with van der Waals surface area (Å²) in [5, 5.41) is 0.491. The Balaban J connectivity index is 2.64. The molecule has 1 heterocycles. The van der Waals surface area contributed by atoms with Crippen molar-refractivity contribution in [1.82, 2.24) is 0 Å². The second-order valence-corrected chi connectivity index (χ2v) is 2.91. The van der Waals surface area contributed by atoms with Gasteiger partial charge in [-0.2, -0.15) is 13.2 Å². The van der Waals surface area contributed by atoms with E-state index in [9.17, 15) is 13.2 Å². The van der Waals surface area contributed by atoms with Gasteiger partial charge in [-0.15, -0.1) is 0 Å². The molecule has 1 rings (SSSR count). The average molecular weight is 243 g/mol. The number of halogens is 4. The van der Waals surface area contributed by atoms with Crippen molar-refractivity contribution in [3.8, 4) is 0 Å². The first-order chi connectivity index (χ1) is 5.54. The van der Waals surface area contributed by atoms with Gasteiger partial charge in [0.2, 0.25) is 0 Å². The van der Waals surface area contributed by atoms with Gasteiger partial charge in [0, 0.05) is 5.33 Å². The first kappa shape index (κ1) is 9.64. The largest absolute Gasteiger partial charge is 0.492 e. The highest BCUT2D eigenvalue weighted by Gasteiger charge is 2.33. The Bertz CT molecular complexity index is 219. The fourth-order valence-corrected chi connectivity index (χ4v) is 1.07. The van der Waals surface area contributed by atoms with E-state index in [2.05, 4.69) is 15.9 Å². The maximum atomic E-state index is 12.0. The molecule has 0 amide bonds. The number of allylic oxidation sites excluding steroid dienone is 2. The Kier molecular flexibility index (Phi) is 2.82. The van der Waals surface area contributed by atoms with Crippen LogP contribution in [0.2, 0.25) is 0 Å². The second-order valence-electron chi connectivity index (χ2n) is 2.26. The molecule has 0 bridgehead atoms. The first-order valence-electron chi connectivity index (χ1n) is 3.21. The van der Waals surface area contributed by atoms with Crippen LogP contribution in [-0.2, 0) is 4.74 Å². The molecule has 12 heavy (non-hydrogen) atoms.